The summed E-state index contributed by atoms with van der Waals surface area (Å²) in [5.74, 6) is -11.0. The van der Waals surface area contributed by atoms with E-state index in [1.807, 2.05) is 0 Å². The van der Waals surface area contributed by atoms with E-state index in [-0.39, 0.29) is 6.42 Å². The van der Waals surface area contributed by atoms with Crippen LogP contribution in [-0.4, -0.2) is 29.8 Å². The van der Waals surface area contributed by atoms with Crippen LogP contribution in [0, 0.1) is 5.41 Å². The van der Waals surface area contributed by atoms with E-state index >= 15 is 0 Å². The van der Waals surface area contributed by atoms with Crippen molar-refractivity contribution in [1.82, 2.24) is 0 Å². The van der Waals surface area contributed by atoms with Gasteiger partial charge in [-0.05, 0) is 34.1 Å². The highest BCUT2D eigenvalue weighted by Gasteiger charge is 2.67. The van der Waals surface area contributed by atoms with Crippen LogP contribution in [0.25, 0.3) is 0 Å². The van der Waals surface area contributed by atoms with E-state index in [0.29, 0.717) is 13.8 Å². The first-order valence-electron chi connectivity index (χ1n) is 6.38. The van der Waals surface area contributed by atoms with E-state index in [1.165, 1.54) is 13.8 Å². The normalized spacial score (nSPS) is 14.5. The van der Waals surface area contributed by atoms with Crippen LogP contribution >= 0.6 is 0 Å². The second-order valence-electron chi connectivity index (χ2n) is 6.01. The van der Waals surface area contributed by atoms with Gasteiger partial charge in [-0.1, -0.05) is 6.92 Å². The standard InChI is InChI=1S/C13H20F6O2/c1-6-10(2,3)9(20)21-11(4,5)13(18,19)12(16,17)7-8(14)15/h8H,6-7H2,1-5H3. The van der Waals surface area contributed by atoms with Gasteiger partial charge in [-0.3, -0.25) is 4.79 Å². The lowest BCUT2D eigenvalue weighted by atomic mass is 9.88. The molecular weight excluding hydrogens is 302 g/mol. The molecule has 0 amide bonds. The molecule has 8 heteroatoms. The Labute approximate surface area is 119 Å². The number of hydrogen-bond donors (Lipinski definition) is 0. The predicted molar refractivity (Wildman–Crippen MR) is 64.8 cm³/mol. The van der Waals surface area contributed by atoms with Crippen molar-refractivity contribution in [3.8, 4) is 0 Å². The minimum absolute atomic E-state index is 0.237. The summed E-state index contributed by atoms with van der Waals surface area (Å²) in [6, 6.07) is 0. The zero-order chi connectivity index (χ0) is 17.3. The van der Waals surface area contributed by atoms with E-state index in [9.17, 15) is 31.1 Å². The second-order valence-corrected chi connectivity index (χ2v) is 6.01. The molecule has 0 radical (unpaired) electrons. The van der Waals surface area contributed by atoms with E-state index < -0.39 is 41.7 Å². The van der Waals surface area contributed by atoms with Gasteiger partial charge >= 0.3 is 17.8 Å². The lowest BCUT2D eigenvalue weighted by Crippen LogP contribution is -2.58. The molecule has 0 aromatic heterocycles. The van der Waals surface area contributed by atoms with Gasteiger partial charge in [0.15, 0.2) is 5.60 Å². The Hall–Kier alpha value is -0.950. The molecule has 0 bridgehead atoms. The fourth-order valence-corrected chi connectivity index (χ4v) is 1.34. The fraction of sp³-hybridized carbons (Fsp3) is 0.923. The third-order valence-electron chi connectivity index (χ3n) is 3.41. The van der Waals surface area contributed by atoms with Crippen molar-refractivity contribution in [1.29, 1.82) is 0 Å². The minimum atomic E-state index is -5.00. The molecule has 0 saturated heterocycles. The first kappa shape index (κ1) is 20.1. The van der Waals surface area contributed by atoms with E-state index in [1.54, 1.807) is 6.92 Å². The summed E-state index contributed by atoms with van der Waals surface area (Å²) in [6.07, 6.45) is -5.68. The van der Waals surface area contributed by atoms with E-state index in [2.05, 4.69) is 4.74 Å². The van der Waals surface area contributed by atoms with Crippen LogP contribution < -0.4 is 0 Å². The Kier molecular flexibility index (Phi) is 5.77. The van der Waals surface area contributed by atoms with Crippen molar-refractivity contribution in [3.05, 3.63) is 0 Å². The molecule has 0 aliphatic carbocycles. The first-order valence-corrected chi connectivity index (χ1v) is 6.38. The zero-order valence-electron chi connectivity index (χ0n) is 12.6. The molecule has 21 heavy (non-hydrogen) atoms. The predicted octanol–water partition coefficient (Wildman–Crippen LogP) is 4.67. The van der Waals surface area contributed by atoms with Gasteiger partial charge in [0.25, 0.3) is 0 Å². The molecule has 126 valence electrons. The summed E-state index contributed by atoms with van der Waals surface area (Å²) in [5, 5.41) is 0. The minimum Gasteiger partial charge on any atom is -0.453 e. The fourth-order valence-electron chi connectivity index (χ4n) is 1.34. The highest BCUT2D eigenvalue weighted by atomic mass is 19.3. The molecular formula is C13H20F6O2. The van der Waals surface area contributed by atoms with Crippen LogP contribution in [0.5, 0.6) is 0 Å². The van der Waals surface area contributed by atoms with Crippen LogP contribution in [0.3, 0.4) is 0 Å². The molecule has 0 aromatic rings. The van der Waals surface area contributed by atoms with Crippen molar-refractivity contribution in [3.63, 3.8) is 0 Å². The summed E-state index contributed by atoms with van der Waals surface area (Å²) < 4.78 is 83.0. The molecule has 0 rings (SSSR count). The summed E-state index contributed by atoms with van der Waals surface area (Å²) in [6.45, 7) is 5.56. The van der Waals surface area contributed by atoms with Crippen LogP contribution in [0.4, 0.5) is 26.3 Å². The average molecular weight is 322 g/mol. The van der Waals surface area contributed by atoms with Crippen LogP contribution in [0.1, 0.15) is 47.5 Å². The van der Waals surface area contributed by atoms with E-state index in [0.717, 1.165) is 0 Å². The SMILES string of the molecule is CCC(C)(C)C(=O)OC(C)(C)C(F)(F)C(F)(F)CC(F)F. The van der Waals surface area contributed by atoms with Crippen molar-refractivity contribution in [2.75, 3.05) is 0 Å². The maximum Gasteiger partial charge on any atom is 0.348 e. The molecule has 0 spiro atoms. The molecule has 0 aromatic carbocycles. The molecule has 0 fully saturated rings. The Morgan fingerprint density at radius 3 is 1.81 bits per heavy atom. The lowest BCUT2D eigenvalue weighted by molar-refractivity contribution is -0.296. The highest BCUT2D eigenvalue weighted by molar-refractivity contribution is 5.76. The Balaban J connectivity index is 5.34. The largest absolute Gasteiger partial charge is 0.453 e. The van der Waals surface area contributed by atoms with Gasteiger partial charge in [0.05, 0.1) is 11.8 Å². The molecule has 0 saturated carbocycles. The van der Waals surface area contributed by atoms with Crippen LogP contribution in [0.15, 0.2) is 0 Å². The van der Waals surface area contributed by atoms with Crippen molar-refractivity contribution in [2.24, 2.45) is 5.41 Å². The Morgan fingerprint density at radius 2 is 1.48 bits per heavy atom. The number of halogens is 6. The summed E-state index contributed by atoms with van der Waals surface area (Å²) in [5.41, 5.74) is -4.07. The molecule has 0 N–H and O–H groups in total. The second kappa shape index (κ2) is 6.04. The molecule has 0 atom stereocenters. The molecule has 0 aliphatic heterocycles. The number of rotatable bonds is 7. The smallest absolute Gasteiger partial charge is 0.348 e. The van der Waals surface area contributed by atoms with Gasteiger partial charge in [0, 0.05) is 0 Å². The first-order chi connectivity index (χ1) is 9.10. The number of carbonyl (C=O) groups excluding carboxylic acids is 1. The summed E-state index contributed by atoms with van der Waals surface area (Å²) in [7, 11) is 0. The van der Waals surface area contributed by atoms with Crippen LogP contribution in [0.2, 0.25) is 0 Å². The molecule has 0 heterocycles. The number of esters is 1. The lowest BCUT2D eigenvalue weighted by Gasteiger charge is -2.39. The number of alkyl halides is 6. The average Bonchev–Trinajstić information content (AvgIpc) is 2.25. The molecule has 0 aliphatic rings. The van der Waals surface area contributed by atoms with Gasteiger partial charge in [0.2, 0.25) is 6.43 Å². The quantitative estimate of drug-likeness (QED) is 0.503. The monoisotopic (exact) mass is 322 g/mol. The Morgan fingerprint density at radius 1 is 1.05 bits per heavy atom. The maximum absolute atomic E-state index is 13.8. The number of ether oxygens (including phenoxy) is 1. The zero-order valence-corrected chi connectivity index (χ0v) is 12.6. The topological polar surface area (TPSA) is 26.3 Å². The van der Waals surface area contributed by atoms with Gasteiger partial charge in [-0.25, -0.2) is 8.78 Å². The van der Waals surface area contributed by atoms with E-state index in [4.69, 9.17) is 0 Å². The Bertz CT molecular complexity index is 377. The summed E-state index contributed by atoms with van der Waals surface area (Å²) in [4.78, 5) is 11.8. The van der Waals surface area contributed by atoms with Crippen molar-refractivity contribution in [2.45, 2.75) is 71.3 Å². The summed E-state index contributed by atoms with van der Waals surface area (Å²) >= 11 is 0. The van der Waals surface area contributed by atoms with Gasteiger partial charge in [-0.15, -0.1) is 0 Å². The molecule has 0 unspecified atom stereocenters. The third-order valence-corrected chi connectivity index (χ3v) is 3.41. The number of carbonyl (C=O) groups is 1. The number of hydrogen-bond acceptors (Lipinski definition) is 2. The van der Waals surface area contributed by atoms with Crippen LogP contribution in [-0.2, 0) is 9.53 Å². The van der Waals surface area contributed by atoms with Crippen molar-refractivity contribution < 1.29 is 35.9 Å². The maximum atomic E-state index is 13.8. The van der Waals surface area contributed by atoms with Gasteiger partial charge < -0.3 is 4.74 Å². The highest BCUT2D eigenvalue weighted by Crippen LogP contribution is 2.47. The third kappa shape index (κ3) is 4.26. The molecule has 2 nitrogen and oxygen atoms in total. The van der Waals surface area contributed by atoms with Crippen molar-refractivity contribution >= 4 is 5.97 Å². The van der Waals surface area contributed by atoms with Gasteiger partial charge in [-0.2, -0.15) is 17.6 Å². The van der Waals surface area contributed by atoms with Gasteiger partial charge in [0.1, 0.15) is 0 Å².